The molecule has 0 aliphatic carbocycles. The van der Waals surface area contributed by atoms with Crippen molar-refractivity contribution in [3.63, 3.8) is 0 Å². The van der Waals surface area contributed by atoms with Gasteiger partial charge in [0.15, 0.2) is 5.82 Å². The summed E-state index contributed by atoms with van der Waals surface area (Å²) in [6, 6.07) is 3.56. The zero-order chi connectivity index (χ0) is 12.6. The maximum Gasteiger partial charge on any atom is 0.238 e. The fourth-order valence-electron chi connectivity index (χ4n) is 1.57. The SMILES string of the molecule is COc1nc(-n2nc(C)c(Br)c2C)ccc1N. The summed E-state index contributed by atoms with van der Waals surface area (Å²) in [6.07, 6.45) is 0. The quantitative estimate of drug-likeness (QED) is 0.923. The Hall–Kier alpha value is -1.56. The number of nitrogens with zero attached hydrogens (tertiary/aromatic N) is 3. The summed E-state index contributed by atoms with van der Waals surface area (Å²) in [6.45, 7) is 3.90. The Bertz CT molecular complexity index is 565. The number of nitrogens with two attached hydrogens (primary N) is 1. The van der Waals surface area contributed by atoms with Crippen LogP contribution in [0.3, 0.4) is 0 Å². The van der Waals surface area contributed by atoms with E-state index < -0.39 is 0 Å². The predicted octanol–water partition coefficient (Wildman–Crippen LogP) is 2.24. The first-order valence-electron chi connectivity index (χ1n) is 5.07. The molecule has 0 spiro atoms. The second-order valence-electron chi connectivity index (χ2n) is 3.66. The third-order valence-corrected chi connectivity index (χ3v) is 3.64. The summed E-state index contributed by atoms with van der Waals surface area (Å²) in [7, 11) is 1.54. The Morgan fingerprint density at radius 1 is 1.35 bits per heavy atom. The van der Waals surface area contributed by atoms with Crippen LogP contribution < -0.4 is 10.5 Å². The highest BCUT2D eigenvalue weighted by Gasteiger charge is 2.12. The molecule has 0 fully saturated rings. The molecule has 2 aromatic heterocycles. The Kier molecular flexibility index (Phi) is 3.06. The average Bonchev–Trinajstić information content (AvgIpc) is 2.58. The van der Waals surface area contributed by atoms with Crippen molar-refractivity contribution < 1.29 is 4.74 Å². The Morgan fingerprint density at radius 3 is 2.59 bits per heavy atom. The van der Waals surface area contributed by atoms with Crippen LogP contribution in [-0.4, -0.2) is 21.9 Å². The first-order valence-corrected chi connectivity index (χ1v) is 5.86. The number of hydrogen-bond acceptors (Lipinski definition) is 4. The van der Waals surface area contributed by atoms with Gasteiger partial charge >= 0.3 is 0 Å². The Morgan fingerprint density at radius 2 is 2.06 bits per heavy atom. The Labute approximate surface area is 108 Å². The number of ether oxygens (including phenoxy) is 1. The number of methoxy groups -OCH3 is 1. The van der Waals surface area contributed by atoms with Crippen LogP contribution in [0.25, 0.3) is 5.82 Å². The van der Waals surface area contributed by atoms with E-state index in [1.165, 1.54) is 0 Å². The molecular weight excluding hydrogens is 284 g/mol. The lowest BCUT2D eigenvalue weighted by molar-refractivity contribution is 0.399. The smallest absolute Gasteiger partial charge is 0.238 e. The lowest BCUT2D eigenvalue weighted by Crippen LogP contribution is -2.04. The molecule has 0 aromatic carbocycles. The highest BCUT2D eigenvalue weighted by molar-refractivity contribution is 9.10. The molecule has 2 heterocycles. The van der Waals surface area contributed by atoms with E-state index in [-0.39, 0.29) is 0 Å². The molecule has 0 bridgehead atoms. The number of hydrogen-bond donors (Lipinski definition) is 1. The van der Waals surface area contributed by atoms with Crippen molar-refractivity contribution in [3.05, 3.63) is 28.0 Å². The average molecular weight is 297 g/mol. The summed E-state index contributed by atoms with van der Waals surface area (Å²) in [5, 5.41) is 4.40. The van der Waals surface area contributed by atoms with Crippen molar-refractivity contribution in [2.45, 2.75) is 13.8 Å². The molecule has 2 rings (SSSR count). The minimum Gasteiger partial charge on any atom is -0.479 e. The highest BCUT2D eigenvalue weighted by atomic mass is 79.9. The molecule has 0 amide bonds. The van der Waals surface area contributed by atoms with Crippen LogP contribution in [-0.2, 0) is 0 Å². The van der Waals surface area contributed by atoms with Gasteiger partial charge < -0.3 is 10.5 Å². The molecule has 2 aromatic rings. The lowest BCUT2D eigenvalue weighted by atomic mass is 10.4. The molecule has 0 aliphatic rings. The van der Waals surface area contributed by atoms with Crippen LogP contribution in [0, 0.1) is 13.8 Å². The summed E-state index contributed by atoms with van der Waals surface area (Å²) >= 11 is 3.48. The van der Waals surface area contributed by atoms with Crippen molar-refractivity contribution in [3.8, 4) is 11.7 Å². The van der Waals surface area contributed by atoms with Gasteiger partial charge in [0.2, 0.25) is 5.88 Å². The highest BCUT2D eigenvalue weighted by Crippen LogP contribution is 2.24. The van der Waals surface area contributed by atoms with Gasteiger partial charge in [0.1, 0.15) is 0 Å². The fourth-order valence-corrected chi connectivity index (χ4v) is 1.82. The molecular formula is C11H13BrN4O. The van der Waals surface area contributed by atoms with Crippen LogP contribution in [0.1, 0.15) is 11.4 Å². The van der Waals surface area contributed by atoms with Crippen LogP contribution in [0.15, 0.2) is 16.6 Å². The third kappa shape index (κ3) is 2.00. The Balaban J connectivity index is 2.57. The molecule has 90 valence electrons. The molecule has 0 saturated heterocycles. The topological polar surface area (TPSA) is 66.0 Å². The zero-order valence-corrected chi connectivity index (χ0v) is 11.4. The minimum absolute atomic E-state index is 0.408. The van der Waals surface area contributed by atoms with Gasteiger partial charge in [-0.2, -0.15) is 10.1 Å². The molecule has 6 heteroatoms. The van der Waals surface area contributed by atoms with Crippen LogP contribution in [0.2, 0.25) is 0 Å². The van der Waals surface area contributed by atoms with Gasteiger partial charge in [0, 0.05) is 0 Å². The van der Waals surface area contributed by atoms with Crippen molar-refractivity contribution in [2.24, 2.45) is 0 Å². The molecule has 2 N–H and O–H groups in total. The first kappa shape index (κ1) is 11.9. The number of rotatable bonds is 2. The standard InChI is InChI=1S/C11H13BrN4O/c1-6-10(12)7(2)16(15-6)9-5-4-8(13)11(14-9)17-3/h4-5H,13H2,1-3H3. The number of halogens is 1. The molecule has 17 heavy (non-hydrogen) atoms. The third-order valence-electron chi connectivity index (χ3n) is 2.49. The first-order chi connectivity index (χ1) is 8.04. The van der Waals surface area contributed by atoms with Gasteiger partial charge in [-0.15, -0.1) is 0 Å². The van der Waals surface area contributed by atoms with E-state index in [1.807, 2.05) is 19.9 Å². The van der Waals surface area contributed by atoms with E-state index >= 15 is 0 Å². The number of aromatic nitrogens is 3. The number of aryl methyl sites for hydroxylation is 1. The molecule has 0 unspecified atom stereocenters. The number of pyridine rings is 1. The maximum absolute atomic E-state index is 5.72. The zero-order valence-electron chi connectivity index (χ0n) is 9.86. The van der Waals surface area contributed by atoms with E-state index in [1.54, 1.807) is 17.9 Å². The van der Waals surface area contributed by atoms with E-state index in [0.717, 1.165) is 15.9 Å². The fraction of sp³-hybridized carbons (Fsp3) is 0.273. The largest absolute Gasteiger partial charge is 0.479 e. The number of anilines is 1. The van der Waals surface area contributed by atoms with Gasteiger partial charge in [-0.1, -0.05) is 0 Å². The van der Waals surface area contributed by atoms with Crippen molar-refractivity contribution in [2.75, 3.05) is 12.8 Å². The maximum atomic E-state index is 5.72. The molecule has 5 nitrogen and oxygen atoms in total. The summed E-state index contributed by atoms with van der Waals surface area (Å²) in [4.78, 5) is 4.31. The van der Waals surface area contributed by atoms with Crippen LogP contribution in [0.5, 0.6) is 5.88 Å². The van der Waals surface area contributed by atoms with Gasteiger partial charge in [-0.05, 0) is 41.9 Å². The van der Waals surface area contributed by atoms with Crippen LogP contribution >= 0.6 is 15.9 Å². The molecule has 0 saturated carbocycles. The predicted molar refractivity (Wildman–Crippen MR) is 69.5 cm³/mol. The molecule has 0 radical (unpaired) electrons. The van der Waals surface area contributed by atoms with E-state index in [0.29, 0.717) is 17.4 Å². The van der Waals surface area contributed by atoms with E-state index in [4.69, 9.17) is 10.5 Å². The van der Waals surface area contributed by atoms with Gasteiger partial charge in [-0.25, -0.2) is 4.68 Å². The summed E-state index contributed by atoms with van der Waals surface area (Å²) in [5.41, 5.74) is 8.14. The lowest BCUT2D eigenvalue weighted by Gasteiger charge is -2.07. The monoisotopic (exact) mass is 296 g/mol. The normalized spacial score (nSPS) is 10.6. The summed E-state index contributed by atoms with van der Waals surface area (Å²) < 4.78 is 7.83. The minimum atomic E-state index is 0.408. The van der Waals surface area contributed by atoms with E-state index in [2.05, 4.69) is 26.0 Å². The van der Waals surface area contributed by atoms with Crippen molar-refractivity contribution in [1.82, 2.24) is 14.8 Å². The van der Waals surface area contributed by atoms with Gasteiger partial charge in [-0.3, -0.25) is 0 Å². The van der Waals surface area contributed by atoms with E-state index in [9.17, 15) is 0 Å². The second-order valence-corrected chi connectivity index (χ2v) is 4.46. The van der Waals surface area contributed by atoms with Crippen LogP contribution in [0.4, 0.5) is 5.69 Å². The summed E-state index contributed by atoms with van der Waals surface area (Å²) in [5.74, 6) is 1.09. The van der Waals surface area contributed by atoms with Crippen molar-refractivity contribution >= 4 is 21.6 Å². The van der Waals surface area contributed by atoms with Crippen molar-refractivity contribution in [1.29, 1.82) is 0 Å². The van der Waals surface area contributed by atoms with Gasteiger partial charge in [0.05, 0.1) is 28.7 Å². The second kappa shape index (κ2) is 4.37. The van der Waals surface area contributed by atoms with Gasteiger partial charge in [0.25, 0.3) is 0 Å². The molecule has 0 atom stereocenters. The molecule has 0 aliphatic heterocycles. The number of nitrogen functional groups attached to an aromatic ring is 1.